The standard InChI is InChI=1S/C23H23F5O2/c1-22(30)10-8-14(9-11-22)2-7-21(29)18-5-3-15(12-19(18)23(26,27)28)17-6-4-16(24)13-20(17)25/h3-6,12-14,30H,2,7-11H2,1H3/t14-,22+. The van der Waals surface area contributed by atoms with Crippen LogP contribution in [0.1, 0.15) is 61.4 Å². The van der Waals surface area contributed by atoms with E-state index < -0.39 is 40.3 Å². The fraction of sp³-hybridized carbons (Fsp3) is 0.435. The van der Waals surface area contributed by atoms with Gasteiger partial charge in [-0.3, -0.25) is 4.79 Å². The van der Waals surface area contributed by atoms with Gasteiger partial charge in [-0.2, -0.15) is 13.2 Å². The van der Waals surface area contributed by atoms with Crippen molar-refractivity contribution in [3.8, 4) is 11.1 Å². The van der Waals surface area contributed by atoms with Crippen molar-refractivity contribution in [1.82, 2.24) is 0 Å². The van der Waals surface area contributed by atoms with Crippen LogP contribution in [-0.4, -0.2) is 16.5 Å². The monoisotopic (exact) mass is 426 g/mol. The van der Waals surface area contributed by atoms with Crippen molar-refractivity contribution in [3.05, 3.63) is 59.2 Å². The summed E-state index contributed by atoms with van der Waals surface area (Å²) in [7, 11) is 0. The Kier molecular flexibility index (Phi) is 6.32. The molecule has 2 aromatic rings. The number of halogens is 5. The highest BCUT2D eigenvalue weighted by atomic mass is 19.4. The average Bonchev–Trinajstić information content (AvgIpc) is 2.66. The van der Waals surface area contributed by atoms with Crippen molar-refractivity contribution in [2.75, 3.05) is 0 Å². The van der Waals surface area contributed by atoms with Gasteiger partial charge >= 0.3 is 6.18 Å². The maximum Gasteiger partial charge on any atom is 0.417 e. The first-order chi connectivity index (χ1) is 14.0. The predicted molar refractivity (Wildman–Crippen MR) is 103 cm³/mol. The molecule has 1 aliphatic rings. The Balaban J connectivity index is 1.81. The largest absolute Gasteiger partial charge is 0.417 e. The molecule has 1 aliphatic carbocycles. The second-order valence-electron chi connectivity index (χ2n) is 8.28. The number of hydrogen-bond acceptors (Lipinski definition) is 2. The number of benzene rings is 2. The number of carbonyl (C=O) groups excluding carboxylic acids is 1. The molecule has 0 radical (unpaired) electrons. The molecule has 3 rings (SSSR count). The van der Waals surface area contributed by atoms with Crippen molar-refractivity contribution in [1.29, 1.82) is 0 Å². The van der Waals surface area contributed by atoms with Crippen LogP contribution in [0.15, 0.2) is 36.4 Å². The molecule has 0 unspecified atom stereocenters. The van der Waals surface area contributed by atoms with Gasteiger partial charge in [0, 0.05) is 23.6 Å². The molecule has 7 heteroatoms. The van der Waals surface area contributed by atoms with Crippen molar-refractivity contribution in [3.63, 3.8) is 0 Å². The second kappa shape index (κ2) is 8.46. The minimum absolute atomic E-state index is 0.0276. The third kappa shape index (κ3) is 5.25. The molecule has 0 aliphatic heterocycles. The van der Waals surface area contributed by atoms with Gasteiger partial charge in [0.25, 0.3) is 0 Å². The van der Waals surface area contributed by atoms with E-state index in [0.29, 0.717) is 25.3 Å². The quantitative estimate of drug-likeness (QED) is 0.435. The third-order valence-corrected chi connectivity index (χ3v) is 5.83. The lowest BCUT2D eigenvalue weighted by Gasteiger charge is -2.33. The van der Waals surface area contributed by atoms with Gasteiger partial charge in [0.05, 0.1) is 11.2 Å². The molecule has 1 saturated carbocycles. The summed E-state index contributed by atoms with van der Waals surface area (Å²) in [4.78, 5) is 12.6. The SMILES string of the molecule is C[C@]1(O)CC[C@@H](CCC(=O)c2ccc(-c3ccc(F)cc3F)cc2C(F)(F)F)CC1. The Morgan fingerprint density at radius 3 is 2.37 bits per heavy atom. The normalized spacial score (nSPS) is 22.2. The fourth-order valence-corrected chi connectivity index (χ4v) is 3.97. The molecule has 2 aromatic carbocycles. The Hall–Kier alpha value is -2.28. The van der Waals surface area contributed by atoms with Crippen LogP contribution in [-0.2, 0) is 6.18 Å². The summed E-state index contributed by atoms with van der Waals surface area (Å²) in [5.74, 6) is -2.24. The van der Waals surface area contributed by atoms with Gasteiger partial charge in [0.15, 0.2) is 5.78 Å². The van der Waals surface area contributed by atoms with Crippen LogP contribution in [0.4, 0.5) is 22.0 Å². The minimum Gasteiger partial charge on any atom is -0.390 e. The predicted octanol–water partition coefficient (Wildman–Crippen LogP) is 6.55. The molecule has 0 heterocycles. The van der Waals surface area contributed by atoms with Crippen LogP contribution in [0.5, 0.6) is 0 Å². The number of rotatable bonds is 5. The minimum atomic E-state index is -4.79. The Morgan fingerprint density at radius 2 is 1.77 bits per heavy atom. The van der Waals surface area contributed by atoms with Gasteiger partial charge in [-0.25, -0.2) is 8.78 Å². The summed E-state index contributed by atoms with van der Waals surface area (Å²) in [5, 5.41) is 9.99. The van der Waals surface area contributed by atoms with E-state index >= 15 is 0 Å². The lowest BCUT2D eigenvalue weighted by atomic mass is 9.78. The van der Waals surface area contributed by atoms with Crippen LogP contribution in [0.25, 0.3) is 11.1 Å². The highest BCUT2D eigenvalue weighted by molar-refractivity contribution is 5.98. The summed E-state index contributed by atoms with van der Waals surface area (Å²) in [6.07, 6.45) is -1.68. The third-order valence-electron chi connectivity index (χ3n) is 5.83. The van der Waals surface area contributed by atoms with E-state index in [-0.39, 0.29) is 23.5 Å². The van der Waals surface area contributed by atoms with Crippen molar-refractivity contribution in [2.45, 2.75) is 57.2 Å². The first kappa shape index (κ1) is 22.4. The Bertz CT molecular complexity index is 924. The molecule has 0 amide bonds. The Labute approximate surface area is 171 Å². The van der Waals surface area contributed by atoms with E-state index in [1.165, 1.54) is 6.07 Å². The summed E-state index contributed by atoms with van der Waals surface area (Å²) in [6, 6.07) is 5.68. The fourth-order valence-electron chi connectivity index (χ4n) is 3.97. The number of ketones is 1. The molecular weight excluding hydrogens is 403 g/mol. The van der Waals surface area contributed by atoms with Crippen LogP contribution in [0.3, 0.4) is 0 Å². The van der Waals surface area contributed by atoms with E-state index in [1.807, 2.05) is 0 Å². The van der Waals surface area contributed by atoms with Crippen molar-refractivity contribution < 1.29 is 31.9 Å². The van der Waals surface area contributed by atoms with Crippen LogP contribution < -0.4 is 0 Å². The summed E-state index contributed by atoms with van der Waals surface area (Å²) < 4.78 is 67.9. The molecule has 2 nitrogen and oxygen atoms in total. The second-order valence-corrected chi connectivity index (χ2v) is 8.28. The molecule has 0 aromatic heterocycles. The smallest absolute Gasteiger partial charge is 0.390 e. The topological polar surface area (TPSA) is 37.3 Å². The maximum absolute atomic E-state index is 14.0. The summed E-state index contributed by atoms with van der Waals surface area (Å²) >= 11 is 0. The number of hydrogen-bond donors (Lipinski definition) is 1. The van der Waals surface area contributed by atoms with E-state index in [1.54, 1.807) is 6.92 Å². The maximum atomic E-state index is 14.0. The number of carbonyl (C=O) groups is 1. The zero-order valence-corrected chi connectivity index (χ0v) is 16.5. The van der Waals surface area contributed by atoms with Crippen LogP contribution in [0.2, 0.25) is 0 Å². The zero-order chi connectivity index (χ0) is 22.1. The highest BCUT2D eigenvalue weighted by Crippen LogP contribution is 2.38. The van der Waals surface area contributed by atoms with Gasteiger partial charge in [-0.05, 0) is 68.7 Å². The number of Topliss-reactive ketones (excluding diaryl/α,β-unsaturated/α-hetero) is 1. The molecule has 0 spiro atoms. The van der Waals surface area contributed by atoms with Gasteiger partial charge in [-0.1, -0.05) is 12.1 Å². The van der Waals surface area contributed by atoms with Gasteiger partial charge in [0.2, 0.25) is 0 Å². The van der Waals surface area contributed by atoms with Crippen molar-refractivity contribution in [2.24, 2.45) is 5.92 Å². The molecule has 1 fully saturated rings. The first-order valence-corrected chi connectivity index (χ1v) is 9.88. The summed E-state index contributed by atoms with van der Waals surface area (Å²) in [5.41, 5.74) is -2.53. The molecule has 0 atom stereocenters. The summed E-state index contributed by atoms with van der Waals surface area (Å²) in [6.45, 7) is 1.76. The van der Waals surface area contributed by atoms with E-state index in [4.69, 9.17) is 0 Å². The highest BCUT2D eigenvalue weighted by Gasteiger charge is 2.36. The zero-order valence-electron chi connectivity index (χ0n) is 16.5. The Morgan fingerprint density at radius 1 is 1.10 bits per heavy atom. The van der Waals surface area contributed by atoms with Gasteiger partial charge in [-0.15, -0.1) is 0 Å². The number of alkyl halides is 3. The lowest BCUT2D eigenvalue weighted by molar-refractivity contribution is -0.137. The average molecular weight is 426 g/mol. The van der Waals surface area contributed by atoms with Gasteiger partial charge < -0.3 is 5.11 Å². The van der Waals surface area contributed by atoms with E-state index in [2.05, 4.69) is 0 Å². The molecule has 0 bridgehead atoms. The lowest BCUT2D eigenvalue weighted by Crippen LogP contribution is -2.30. The van der Waals surface area contributed by atoms with Crippen LogP contribution in [0, 0.1) is 17.6 Å². The van der Waals surface area contributed by atoms with Crippen molar-refractivity contribution >= 4 is 5.78 Å². The van der Waals surface area contributed by atoms with E-state index in [9.17, 15) is 31.9 Å². The first-order valence-electron chi connectivity index (χ1n) is 9.88. The van der Waals surface area contributed by atoms with E-state index in [0.717, 1.165) is 37.1 Å². The molecule has 1 N–H and O–H groups in total. The van der Waals surface area contributed by atoms with Crippen LogP contribution >= 0.6 is 0 Å². The van der Waals surface area contributed by atoms with Gasteiger partial charge in [0.1, 0.15) is 11.6 Å². The molecule has 30 heavy (non-hydrogen) atoms. The molecule has 162 valence electrons. The number of aliphatic hydroxyl groups is 1. The molecular formula is C23H23F5O2. The molecule has 0 saturated heterocycles.